The molecule has 0 saturated heterocycles. The third-order valence-corrected chi connectivity index (χ3v) is 5.29. The van der Waals surface area contributed by atoms with E-state index in [0.717, 1.165) is 6.42 Å². The molecule has 6 nitrogen and oxygen atoms in total. The number of aliphatic hydroxyl groups is 1. The van der Waals surface area contributed by atoms with E-state index in [1.54, 1.807) is 24.5 Å². The van der Waals surface area contributed by atoms with E-state index >= 15 is 0 Å². The number of hydrogen-bond donors (Lipinski definition) is 2. The lowest BCUT2D eigenvalue weighted by Gasteiger charge is -2.43. The SMILES string of the molecule is CCO[C@H]1OC(C(=O)Nc2cccnc2)=C[C@@H](C2CCC2)[C@@H]1CCCO. The summed E-state index contributed by atoms with van der Waals surface area (Å²) in [4.78, 5) is 16.7. The minimum atomic E-state index is -0.447. The summed E-state index contributed by atoms with van der Waals surface area (Å²) in [5, 5.41) is 12.1. The maximum atomic E-state index is 12.7. The summed E-state index contributed by atoms with van der Waals surface area (Å²) in [5.74, 6) is 1.03. The molecule has 1 aromatic rings. The molecule has 1 amide bonds. The zero-order chi connectivity index (χ0) is 18.4. The van der Waals surface area contributed by atoms with Gasteiger partial charge >= 0.3 is 0 Å². The summed E-state index contributed by atoms with van der Waals surface area (Å²) in [6.07, 6.45) is 9.93. The number of allylic oxidation sites excluding steroid dienone is 1. The topological polar surface area (TPSA) is 80.7 Å². The van der Waals surface area contributed by atoms with Gasteiger partial charge in [0.1, 0.15) is 0 Å². The molecule has 1 fully saturated rings. The molecule has 0 bridgehead atoms. The van der Waals surface area contributed by atoms with Crippen LogP contribution in [0, 0.1) is 17.8 Å². The molecule has 1 aliphatic heterocycles. The number of rotatable bonds is 8. The Hall–Kier alpha value is -1.92. The number of pyridine rings is 1. The maximum absolute atomic E-state index is 12.7. The molecule has 6 heteroatoms. The maximum Gasteiger partial charge on any atom is 0.290 e. The zero-order valence-electron chi connectivity index (χ0n) is 15.3. The molecule has 0 radical (unpaired) electrons. The van der Waals surface area contributed by atoms with E-state index in [9.17, 15) is 9.90 Å². The van der Waals surface area contributed by atoms with Crippen LogP contribution in [0.3, 0.4) is 0 Å². The van der Waals surface area contributed by atoms with Crippen LogP contribution >= 0.6 is 0 Å². The Bertz CT molecular complexity index is 615. The highest BCUT2D eigenvalue weighted by molar-refractivity contribution is 6.02. The van der Waals surface area contributed by atoms with Gasteiger partial charge in [0.2, 0.25) is 6.29 Å². The summed E-state index contributed by atoms with van der Waals surface area (Å²) >= 11 is 0. The van der Waals surface area contributed by atoms with E-state index < -0.39 is 6.29 Å². The molecule has 142 valence electrons. The van der Waals surface area contributed by atoms with Crippen LogP contribution in [0.25, 0.3) is 0 Å². The van der Waals surface area contributed by atoms with E-state index in [-0.39, 0.29) is 24.3 Å². The number of carbonyl (C=O) groups excluding carboxylic acids is 1. The minimum absolute atomic E-state index is 0.158. The number of nitrogens with zero attached hydrogens (tertiary/aromatic N) is 1. The first-order valence-electron chi connectivity index (χ1n) is 9.55. The fourth-order valence-corrected chi connectivity index (χ4v) is 3.78. The Labute approximate surface area is 154 Å². The largest absolute Gasteiger partial charge is 0.459 e. The molecule has 0 spiro atoms. The summed E-state index contributed by atoms with van der Waals surface area (Å²) in [6, 6.07) is 3.57. The quantitative estimate of drug-likeness (QED) is 0.744. The highest BCUT2D eigenvalue weighted by Gasteiger charge is 2.42. The lowest BCUT2D eigenvalue weighted by atomic mass is 9.68. The van der Waals surface area contributed by atoms with Gasteiger partial charge in [-0.3, -0.25) is 9.78 Å². The molecule has 26 heavy (non-hydrogen) atoms. The second kappa shape index (κ2) is 9.14. The number of hydrogen-bond acceptors (Lipinski definition) is 5. The van der Waals surface area contributed by atoms with Gasteiger partial charge in [0, 0.05) is 25.3 Å². The van der Waals surface area contributed by atoms with Crippen molar-refractivity contribution in [1.82, 2.24) is 4.98 Å². The summed E-state index contributed by atoms with van der Waals surface area (Å²) in [6.45, 7) is 2.61. The first-order chi connectivity index (χ1) is 12.7. The molecule has 1 saturated carbocycles. The molecule has 2 aliphatic rings. The molecule has 3 atom stereocenters. The van der Waals surface area contributed by atoms with Crippen molar-refractivity contribution in [2.75, 3.05) is 18.5 Å². The molecule has 1 aliphatic carbocycles. The average molecular weight is 360 g/mol. The van der Waals surface area contributed by atoms with Crippen molar-refractivity contribution < 1.29 is 19.4 Å². The van der Waals surface area contributed by atoms with E-state index in [4.69, 9.17) is 9.47 Å². The van der Waals surface area contributed by atoms with Gasteiger partial charge < -0.3 is 19.9 Å². The average Bonchev–Trinajstić information content (AvgIpc) is 2.60. The molecular formula is C20H28N2O4. The first-order valence-corrected chi connectivity index (χ1v) is 9.55. The van der Waals surface area contributed by atoms with Gasteiger partial charge in [-0.15, -0.1) is 0 Å². The summed E-state index contributed by atoms with van der Waals surface area (Å²) in [5.41, 5.74) is 0.637. The lowest BCUT2D eigenvalue weighted by molar-refractivity contribution is -0.177. The normalized spacial score (nSPS) is 25.8. The third-order valence-electron chi connectivity index (χ3n) is 5.29. The predicted molar refractivity (Wildman–Crippen MR) is 98.1 cm³/mol. The second-order valence-electron chi connectivity index (χ2n) is 6.97. The Morgan fingerprint density at radius 3 is 2.92 bits per heavy atom. The summed E-state index contributed by atoms with van der Waals surface area (Å²) < 4.78 is 11.8. The van der Waals surface area contributed by atoms with Gasteiger partial charge in [-0.05, 0) is 62.7 Å². The molecule has 2 N–H and O–H groups in total. The zero-order valence-corrected chi connectivity index (χ0v) is 15.3. The Morgan fingerprint density at radius 1 is 1.46 bits per heavy atom. The van der Waals surface area contributed by atoms with Gasteiger partial charge in [0.05, 0.1) is 11.9 Å². The van der Waals surface area contributed by atoms with Crippen LogP contribution in [-0.4, -0.2) is 35.5 Å². The molecule has 0 aromatic carbocycles. The third kappa shape index (κ3) is 4.43. The fraction of sp³-hybridized carbons (Fsp3) is 0.600. The van der Waals surface area contributed by atoms with Gasteiger partial charge in [-0.25, -0.2) is 0 Å². The van der Waals surface area contributed by atoms with Crippen molar-refractivity contribution in [3.8, 4) is 0 Å². The van der Waals surface area contributed by atoms with Crippen LogP contribution < -0.4 is 5.32 Å². The van der Waals surface area contributed by atoms with Crippen LogP contribution in [0.4, 0.5) is 5.69 Å². The molecule has 3 rings (SSSR count). The van der Waals surface area contributed by atoms with Gasteiger partial charge in [0.25, 0.3) is 5.91 Å². The van der Waals surface area contributed by atoms with Crippen molar-refractivity contribution in [2.24, 2.45) is 17.8 Å². The smallest absolute Gasteiger partial charge is 0.290 e. The summed E-state index contributed by atoms with van der Waals surface area (Å²) in [7, 11) is 0. The number of nitrogens with one attached hydrogen (secondary N) is 1. The molecule has 1 aromatic heterocycles. The number of ether oxygens (including phenoxy) is 2. The van der Waals surface area contributed by atoms with Gasteiger partial charge in [0.15, 0.2) is 5.76 Å². The van der Waals surface area contributed by atoms with E-state index in [1.165, 1.54) is 19.3 Å². The van der Waals surface area contributed by atoms with E-state index in [1.807, 2.05) is 13.0 Å². The lowest BCUT2D eigenvalue weighted by Crippen LogP contribution is -2.42. The molecular weight excluding hydrogens is 332 g/mol. The van der Waals surface area contributed by atoms with E-state index in [2.05, 4.69) is 10.3 Å². The number of aliphatic hydroxyl groups excluding tert-OH is 1. The Morgan fingerprint density at radius 2 is 2.31 bits per heavy atom. The number of anilines is 1. The predicted octanol–water partition coefficient (Wildman–Crippen LogP) is 3.10. The molecule has 0 unspecified atom stereocenters. The van der Waals surface area contributed by atoms with Gasteiger partial charge in [-0.1, -0.05) is 6.42 Å². The number of carbonyl (C=O) groups is 1. The van der Waals surface area contributed by atoms with Crippen LogP contribution in [0.15, 0.2) is 36.4 Å². The van der Waals surface area contributed by atoms with Gasteiger partial charge in [-0.2, -0.15) is 0 Å². The van der Waals surface area contributed by atoms with Crippen molar-refractivity contribution in [3.05, 3.63) is 36.4 Å². The van der Waals surface area contributed by atoms with Crippen LogP contribution in [0.2, 0.25) is 0 Å². The number of amides is 1. The van der Waals surface area contributed by atoms with Crippen LogP contribution in [0.5, 0.6) is 0 Å². The van der Waals surface area contributed by atoms with E-state index in [0.29, 0.717) is 30.4 Å². The fourth-order valence-electron chi connectivity index (χ4n) is 3.78. The minimum Gasteiger partial charge on any atom is -0.459 e. The molecule has 2 heterocycles. The second-order valence-corrected chi connectivity index (χ2v) is 6.97. The Balaban J connectivity index is 1.79. The highest BCUT2D eigenvalue weighted by atomic mass is 16.7. The standard InChI is InChI=1S/C20H28N2O4/c1-2-25-20-16(9-5-11-23)17(14-6-3-7-14)12-18(26-20)19(24)22-15-8-4-10-21-13-15/h4,8,10,12-14,16-17,20,23H,2-3,5-7,9,11H2,1H3,(H,22,24)/t16-,17-,20-/m0/s1. The van der Waals surface area contributed by atoms with Crippen LogP contribution in [0.1, 0.15) is 39.0 Å². The van der Waals surface area contributed by atoms with Crippen molar-refractivity contribution in [2.45, 2.75) is 45.3 Å². The van der Waals surface area contributed by atoms with Crippen molar-refractivity contribution in [3.63, 3.8) is 0 Å². The first kappa shape index (κ1) is 18.9. The van der Waals surface area contributed by atoms with Crippen molar-refractivity contribution in [1.29, 1.82) is 0 Å². The highest BCUT2D eigenvalue weighted by Crippen LogP contribution is 2.44. The van der Waals surface area contributed by atoms with Crippen LogP contribution in [-0.2, 0) is 14.3 Å². The van der Waals surface area contributed by atoms with Crippen molar-refractivity contribution >= 4 is 11.6 Å². The number of aromatic nitrogens is 1. The monoisotopic (exact) mass is 360 g/mol. The Kier molecular flexibility index (Phi) is 6.63.